The van der Waals surface area contributed by atoms with Crippen molar-refractivity contribution >= 4 is 0 Å². The SMILES string of the molecule is CC(CCN(C)C)N1CC(Cc2ccccc2)NCC1C. The molecule has 0 spiro atoms. The molecule has 3 heteroatoms. The molecule has 3 nitrogen and oxygen atoms in total. The Balaban J connectivity index is 1.89. The maximum atomic E-state index is 3.71. The summed E-state index contributed by atoms with van der Waals surface area (Å²) >= 11 is 0. The summed E-state index contributed by atoms with van der Waals surface area (Å²) in [6, 6.07) is 12.7. The first-order chi connectivity index (χ1) is 10.1. The van der Waals surface area contributed by atoms with Crippen LogP contribution in [0.3, 0.4) is 0 Å². The molecule has 1 saturated heterocycles. The largest absolute Gasteiger partial charge is 0.311 e. The fourth-order valence-corrected chi connectivity index (χ4v) is 3.21. The van der Waals surface area contributed by atoms with E-state index in [0.29, 0.717) is 18.1 Å². The van der Waals surface area contributed by atoms with Crippen molar-refractivity contribution in [3.8, 4) is 0 Å². The Morgan fingerprint density at radius 3 is 2.67 bits per heavy atom. The number of piperazine rings is 1. The van der Waals surface area contributed by atoms with Gasteiger partial charge in [0.25, 0.3) is 0 Å². The van der Waals surface area contributed by atoms with Crippen molar-refractivity contribution in [2.24, 2.45) is 0 Å². The molecule has 2 rings (SSSR count). The predicted molar refractivity (Wildman–Crippen MR) is 90.7 cm³/mol. The van der Waals surface area contributed by atoms with Gasteiger partial charge in [-0.25, -0.2) is 0 Å². The van der Waals surface area contributed by atoms with E-state index in [0.717, 1.165) is 19.5 Å². The average molecular weight is 289 g/mol. The summed E-state index contributed by atoms with van der Waals surface area (Å²) in [5.74, 6) is 0. The van der Waals surface area contributed by atoms with Gasteiger partial charge >= 0.3 is 0 Å². The normalized spacial score (nSPS) is 25.2. The highest BCUT2D eigenvalue weighted by Gasteiger charge is 2.28. The number of nitrogens with one attached hydrogen (secondary N) is 1. The van der Waals surface area contributed by atoms with Crippen molar-refractivity contribution < 1.29 is 0 Å². The first-order valence-electron chi connectivity index (χ1n) is 8.24. The van der Waals surface area contributed by atoms with E-state index >= 15 is 0 Å². The Labute approximate surface area is 130 Å². The van der Waals surface area contributed by atoms with Crippen LogP contribution >= 0.6 is 0 Å². The van der Waals surface area contributed by atoms with E-state index in [-0.39, 0.29) is 0 Å². The molecule has 1 aromatic rings. The third-order valence-electron chi connectivity index (χ3n) is 4.58. The second-order valence-corrected chi connectivity index (χ2v) is 6.78. The van der Waals surface area contributed by atoms with Gasteiger partial charge in [-0.2, -0.15) is 0 Å². The fraction of sp³-hybridized carbons (Fsp3) is 0.667. The second kappa shape index (κ2) is 7.92. The van der Waals surface area contributed by atoms with Crippen LogP contribution in [0.2, 0.25) is 0 Å². The van der Waals surface area contributed by atoms with Gasteiger partial charge in [-0.05, 0) is 52.9 Å². The quantitative estimate of drug-likeness (QED) is 0.866. The molecule has 0 aromatic heterocycles. The summed E-state index contributed by atoms with van der Waals surface area (Å²) in [7, 11) is 4.32. The van der Waals surface area contributed by atoms with Crippen molar-refractivity contribution in [1.29, 1.82) is 0 Å². The van der Waals surface area contributed by atoms with E-state index < -0.39 is 0 Å². The van der Waals surface area contributed by atoms with Gasteiger partial charge in [-0.1, -0.05) is 30.3 Å². The number of hydrogen-bond donors (Lipinski definition) is 1. The number of rotatable bonds is 6. The summed E-state index contributed by atoms with van der Waals surface area (Å²) in [5, 5.41) is 3.71. The van der Waals surface area contributed by atoms with E-state index in [9.17, 15) is 0 Å². The van der Waals surface area contributed by atoms with Crippen LogP contribution in [-0.4, -0.2) is 61.7 Å². The number of nitrogens with zero attached hydrogens (tertiary/aromatic N) is 2. The van der Waals surface area contributed by atoms with Crippen molar-refractivity contribution in [1.82, 2.24) is 15.1 Å². The van der Waals surface area contributed by atoms with Crippen LogP contribution in [0.1, 0.15) is 25.8 Å². The summed E-state index contributed by atoms with van der Waals surface area (Å²) in [6.45, 7) is 8.15. The number of hydrogen-bond acceptors (Lipinski definition) is 3. The topological polar surface area (TPSA) is 18.5 Å². The monoisotopic (exact) mass is 289 g/mol. The lowest BCUT2D eigenvalue weighted by molar-refractivity contribution is 0.0902. The highest BCUT2D eigenvalue weighted by Crippen LogP contribution is 2.16. The third kappa shape index (κ3) is 5.10. The molecule has 118 valence electrons. The molecule has 1 aromatic carbocycles. The predicted octanol–water partition coefficient (Wildman–Crippen LogP) is 2.23. The molecule has 0 bridgehead atoms. The highest BCUT2D eigenvalue weighted by molar-refractivity contribution is 5.16. The molecule has 0 amide bonds. The molecule has 3 atom stereocenters. The van der Waals surface area contributed by atoms with Crippen molar-refractivity contribution in [3.05, 3.63) is 35.9 Å². The van der Waals surface area contributed by atoms with Crippen molar-refractivity contribution in [2.75, 3.05) is 33.7 Å². The molecular weight excluding hydrogens is 258 g/mol. The molecule has 0 saturated carbocycles. The number of benzene rings is 1. The Bertz CT molecular complexity index is 404. The van der Waals surface area contributed by atoms with Crippen LogP contribution in [0.25, 0.3) is 0 Å². The van der Waals surface area contributed by atoms with Crippen LogP contribution in [0, 0.1) is 0 Å². The standard InChI is InChI=1S/C18H31N3/c1-15(10-11-20(3)4)21-14-18(19-13-16(21)2)12-17-8-6-5-7-9-17/h5-9,15-16,18-19H,10-14H2,1-4H3. The molecule has 1 aliphatic rings. The molecule has 0 aliphatic carbocycles. The summed E-state index contributed by atoms with van der Waals surface area (Å²) < 4.78 is 0. The zero-order valence-electron chi connectivity index (χ0n) is 14.0. The van der Waals surface area contributed by atoms with E-state index in [1.165, 1.54) is 18.5 Å². The van der Waals surface area contributed by atoms with Gasteiger partial charge in [0.2, 0.25) is 0 Å². The third-order valence-corrected chi connectivity index (χ3v) is 4.58. The zero-order valence-corrected chi connectivity index (χ0v) is 14.0. The molecule has 1 N–H and O–H groups in total. The summed E-state index contributed by atoms with van der Waals surface area (Å²) in [6.07, 6.45) is 2.37. The van der Waals surface area contributed by atoms with Crippen LogP contribution in [-0.2, 0) is 6.42 Å². The molecular formula is C18H31N3. The van der Waals surface area contributed by atoms with Crippen LogP contribution in [0.5, 0.6) is 0 Å². The van der Waals surface area contributed by atoms with Gasteiger partial charge in [0, 0.05) is 31.2 Å². The lowest BCUT2D eigenvalue weighted by Gasteiger charge is -2.42. The Morgan fingerprint density at radius 2 is 2.00 bits per heavy atom. The van der Waals surface area contributed by atoms with Crippen molar-refractivity contribution in [2.45, 2.75) is 44.8 Å². The molecule has 21 heavy (non-hydrogen) atoms. The van der Waals surface area contributed by atoms with Crippen molar-refractivity contribution in [3.63, 3.8) is 0 Å². The van der Waals surface area contributed by atoms with Gasteiger partial charge in [0.15, 0.2) is 0 Å². The smallest absolute Gasteiger partial charge is 0.0236 e. The minimum atomic E-state index is 0.574. The highest BCUT2D eigenvalue weighted by atomic mass is 15.2. The van der Waals surface area contributed by atoms with E-state index in [1.807, 2.05) is 0 Å². The Kier molecular flexibility index (Phi) is 6.22. The second-order valence-electron chi connectivity index (χ2n) is 6.78. The van der Waals surface area contributed by atoms with E-state index in [4.69, 9.17) is 0 Å². The van der Waals surface area contributed by atoms with Gasteiger partial charge in [0.1, 0.15) is 0 Å². The molecule has 1 heterocycles. The van der Waals surface area contributed by atoms with Crippen LogP contribution < -0.4 is 5.32 Å². The average Bonchev–Trinajstić information content (AvgIpc) is 2.48. The molecule has 1 fully saturated rings. The summed E-state index contributed by atoms with van der Waals surface area (Å²) in [5.41, 5.74) is 1.44. The summed E-state index contributed by atoms with van der Waals surface area (Å²) in [4.78, 5) is 4.97. The minimum Gasteiger partial charge on any atom is -0.311 e. The fourth-order valence-electron chi connectivity index (χ4n) is 3.21. The molecule has 3 unspecified atom stereocenters. The van der Waals surface area contributed by atoms with E-state index in [2.05, 4.69) is 73.4 Å². The molecule has 0 radical (unpaired) electrons. The van der Waals surface area contributed by atoms with Gasteiger partial charge in [-0.3, -0.25) is 4.90 Å². The maximum Gasteiger partial charge on any atom is 0.0236 e. The lowest BCUT2D eigenvalue weighted by atomic mass is 10.00. The van der Waals surface area contributed by atoms with Gasteiger partial charge < -0.3 is 10.2 Å². The first kappa shape index (κ1) is 16.5. The first-order valence-corrected chi connectivity index (χ1v) is 8.24. The maximum absolute atomic E-state index is 3.71. The zero-order chi connectivity index (χ0) is 15.2. The van der Waals surface area contributed by atoms with Crippen LogP contribution in [0.15, 0.2) is 30.3 Å². The lowest BCUT2D eigenvalue weighted by Crippen LogP contribution is -2.58. The van der Waals surface area contributed by atoms with Crippen LogP contribution in [0.4, 0.5) is 0 Å². The van der Waals surface area contributed by atoms with Gasteiger partial charge in [-0.15, -0.1) is 0 Å². The Hall–Kier alpha value is -0.900. The van der Waals surface area contributed by atoms with Gasteiger partial charge in [0.05, 0.1) is 0 Å². The minimum absolute atomic E-state index is 0.574. The Morgan fingerprint density at radius 1 is 1.29 bits per heavy atom. The molecule has 1 aliphatic heterocycles. The van der Waals surface area contributed by atoms with E-state index in [1.54, 1.807) is 0 Å².